The van der Waals surface area contributed by atoms with Gasteiger partial charge in [-0.15, -0.1) is 0 Å². The topological polar surface area (TPSA) is 73.0 Å². The average molecular weight is 485 g/mol. The molecule has 1 N–H and O–H groups in total. The monoisotopic (exact) mass is 484 g/mol. The van der Waals surface area contributed by atoms with Crippen molar-refractivity contribution in [3.63, 3.8) is 0 Å². The molecule has 3 aromatic carbocycles. The number of benzene rings is 3. The molecule has 1 atom stereocenters. The zero-order valence-corrected chi connectivity index (χ0v) is 20.9. The van der Waals surface area contributed by atoms with Crippen molar-refractivity contribution in [1.82, 2.24) is 15.1 Å². The van der Waals surface area contributed by atoms with Crippen LogP contribution >= 0.6 is 0 Å². The molecule has 36 heavy (non-hydrogen) atoms. The second-order valence-electron chi connectivity index (χ2n) is 9.97. The molecule has 0 bridgehead atoms. The highest BCUT2D eigenvalue weighted by atomic mass is 16.2. The standard InChI is InChI=1S/C29H32N4O3/c1-29(24-13-12-22-8-4-5-9-23(22)18-24)27(35)33(28(36)30-29)20-26(34)31(2)19-21-10-14-25(15-11-21)32-16-6-3-7-17-32/h4-5,8-15,18H,3,6-7,16-17,19-20H2,1-2H3,(H,30,36). The first-order valence-corrected chi connectivity index (χ1v) is 12.6. The first-order valence-electron chi connectivity index (χ1n) is 12.6. The van der Waals surface area contributed by atoms with Crippen LogP contribution in [0.2, 0.25) is 0 Å². The highest BCUT2D eigenvalue weighted by molar-refractivity contribution is 6.09. The van der Waals surface area contributed by atoms with E-state index in [0.717, 1.165) is 34.3 Å². The molecule has 1 unspecified atom stereocenters. The van der Waals surface area contributed by atoms with Crippen molar-refractivity contribution in [3.8, 4) is 0 Å². The molecular formula is C29H32N4O3. The number of likely N-dealkylation sites (N-methyl/N-ethyl adjacent to an activating group) is 1. The lowest BCUT2D eigenvalue weighted by atomic mass is 9.90. The Bertz CT molecular complexity index is 1300. The molecule has 7 nitrogen and oxygen atoms in total. The summed E-state index contributed by atoms with van der Waals surface area (Å²) in [5, 5.41) is 4.84. The van der Waals surface area contributed by atoms with Crippen LogP contribution in [0.15, 0.2) is 66.7 Å². The van der Waals surface area contributed by atoms with Crippen LogP contribution in [0, 0.1) is 0 Å². The maximum Gasteiger partial charge on any atom is 0.325 e. The molecule has 4 amide bonds. The summed E-state index contributed by atoms with van der Waals surface area (Å²) >= 11 is 0. The van der Waals surface area contributed by atoms with Gasteiger partial charge < -0.3 is 15.1 Å². The van der Waals surface area contributed by atoms with Gasteiger partial charge in [-0.05, 0) is 66.3 Å². The number of hydrogen-bond donors (Lipinski definition) is 1. The molecule has 2 heterocycles. The van der Waals surface area contributed by atoms with Crippen LogP contribution in [0.5, 0.6) is 0 Å². The second kappa shape index (κ2) is 9.64. The Kier molecular flexibility index (Phi) is 6.39. The number of carbonyl (C=O) groups excluding carboxylic acids is 3. The third-order valence-electron chi connectivity index (χ3n) is 7.40. The van der Waals surface area contributed by atoms with Crippen LogP contribution in [-0.2, 0) is 21.7 Å². The van der Waals surface area contributed by atoms with Gasteiger partial charge in [0.1, 0.15) is 12.1 Å². The largest absolute Gasteiger partial charge is 0.372 e. The molecule has 0 aliphatic carbocycles. The highest BCUT2D eigenvalue weighted by Gasteiger charge is 2.49. The van der Waals surface area contributed by atoms with Crippen LogP contribution in [-0.4, -0.2) is 54.3 Å². The zero-order chi connectivity index (χ0) is 25.3. The fraction of sp³-hybridized carbons (Fsp3) is 0.345. The number of anilines is 1. The van der Waals surface area contributed by atoms with Gasteiger partial charge in [0.25, 0.3) is 5.91 Å². The minimum atomic E-state index is -1.22. The number of hydrogen-bond acceptors (Lipinski definition) is 4. The number of rotatable bonds is 6. The van der Waals surface area contributed by atoms with Crippen LogP contribution in [0.4, 0.5) is 10.5 Å². The third-order valence-corrected chi connectivity index (χ3v) is 7.40. The predicted molar refractivity (Wildman–Crippen MR) is 141 cm³/mol. The van der Waals surface area contributed by atoms with E-state index in [1.165, 1.54) is 24.9 Å². The van der Waals surface area contributed by atoms with E-state index < -0.39 is 17.5 Å². The molecule has 0 aromatic heterocycles. The molecule has 5 rings (SSSR count). The lowest BCUT2D eigenvalue weighted by molar-refractivity contribution is -0.138. The Labute approximate surface area is 211 Å². The number of fused-ring (bicyclic) bond motifs is 1. The van der Waals surface area contributed by atoms with Crippen molar-refractivity contribution in [2.24, 2.45) is 0 Å². The van der Waals surface area contributed by atoms with E-state index in [1.54, 1.807) is 18.9 Å². The summed E-state index contributed by atoms with van der Waals surface area (Å²) in [4.78, 5) is 44.1. The smallest absolute Gasteiger partial charge is 0.325 e. The Hall–Kier alpha value is -3.87. The molecule has 2 fully saturated rings. The predicted octanol–water partition coefficient (Wildman–Crippen LogP) is 4.26. The Morgan fingerprint density at radius 3 is 2.36 bits per heavy atom. The van der Waals surface area contributed by atoms with Gasteiger partial charge in [-0.1, -0.05) is 48.5 Å². The van der Waals surface area contributed by atoms with Gasteiger partial charge in [0, 0.05) is 32.4 Å². The summed E-state index contributed by atoms with van der Waals surface area (Å²) in [5.74, 6) is -0.711. The fourth-order valence-electron chi connectivity index (χ4n) is 5.12. The zero-order valence-electron chi connectivity index (χ0n) is 20.9. The summed E-state index contributed by atoms with van der Waals surface area (Å²) in [6, 6.07) is 21.3. The molecule has 2 aliphatic rings. The van der Waals surface area contributed by atoms with Gasteiger partial charge >= 0.3 is 6.03 Å². The van der Waals surface area contributed by atoms with Crippen molar-refractivity contribution < 1.29 is 14.4 Å². The normalized spacial score (nSPS) is 20.1. The van der Waals surface area contributed by atoms with Gasteiger partial charge in [0.05, 0.1) is 0 Å². The Balaban J connectivity index is 1.24. The summed E-state index contributed by atoms with van der Waals surface area (Å²) in [6.07, 6.45) is 3.74. The lowest BCUT2D eigenvalue weighted by Gasteiger charge is -2.29. The first-order chi connectivity index (χ1) is 17.3. The van der Waals surface area contributed by atoms with Crippen LogP contribution in [0.3, 0.4) is 0 Å². The molecule has 0 saturated carbocycles. The van der Waals surface area contributed by atoms with Gasteiger partial charge in [0.15, 0.2) is 0 Å². The third kappa shape index (κ3) is 4.53. The highest BCUT2D eigenvalue weighted by Crippen LogP contribution is 2.31. The van der Waals surface area contributed by atoms with Gasteiger partial charge in [-0.25, -0.2) is 4.79 Å². The maximum absolute atomic E-state index is 13.3. The molecule has 0 spiro atoms. The number of piperidine rings is 1. The molecule has 0 radical (unpaired) electrons. The minimum Gasteiger partial charge on any atom is -0.372 e. The van der Waals surface area contributed by atoms with E-state index >= 15 is 0 Å². The summed E-state index contributed by atoms with van der Waals surface area (Å²) in [6.45, 7) is 3.97. The number of carbonyl (C=O) groups is 3. The number of amides is 4. The summed E-state index contributed by atoms with van der Waals surface area (Å²) < 4.78 is 0. The van der Waals surface area contributed by atoms with Gasteiger partial charge in [-0.2, -0.15) is 0 Å². The number of nitrogens with zero attached hydrogens (tertiary/aromatic N) is 3. The van der Waals surface area contributed by atoms with E-state index in [4.69, 9.17) is 0 Å². The van der Waals surface area contributed by atoms with Crippen molar-refractivity contribution in [3.05, 3.63) is 77.9 Å². The van der Waals surface area contributed by atoms with Gasteiger partial charge in [-0.3, -0.25) is 14.5 Å². The molecule has 2 aliphatic heterocycles. The van der Waals surface area contributed by atoms with E-state index in [1.807, 2.05) is 54.6 Å². The van der Waals surface area contributed by atoms with Crippen molar-refractivity contribution in [1.29, 1.82) is 0 Å². The summed E-state index contributed by atoms with van der Waals surface area (Å²) in [7, 11) is 1.70. The maximum atomic E-state index is 13.3. The molecule has 3 aromatic rings. The number of urea groups is 1. The SMILES string of the molecule is CN(Cc1ccc(N2CCCCC2)cc1)C(=O)CN1C(=O)NC(C)(c2ccc3ccccc3c2)C1=O. The number of nitrogens with one attached hydrogen (secondary N) is 1. The summed E-state index contributed by atoms with van der Waals surface area (Å²) in [5.41, 5.74) is 1.69. The lowest BCUT2D eigenvalue weighted by Crippen LogP contribution is -2.43. The van der Waals surface area contributed by atoms with E-state index in [2.05, 4.69) is 22.3 Å². The molecule has 186 valence electrons. The van der Waals surface area contributed by atoms with Gasteiger partial charge in [0.2, 0.25) is 5.91 Å². The van der Waals surface area contributed by atoms with Crippen molar-refractivity contribution in [2.75, 3.05) is 31.6 Å². The quantitative estimate of drug-likeness (QED) is 0.531. The Morgan fingerprint density at radius 2 is 1.64 bits per heavy atom. The van der Waals surface area contributed by atoms with Crippen LogP contribution in [0.1, 0.15) is 37.3 Å². The molecular weight excluding hydrogens is 452 g/mol. The van der Waals surface area contributed by atoms with E-state index in [0.29, 0.717) is 12.1 Å². The fourth-order valence-corrected chi connectivity index (χ4v) is 5.12. The van der Waals surface area contributed by atoms with E-state index in [9.17, 15) is 14.4 Å². The molecule has 2 saturated heterocycles. The average Bonchev–Trinajstić information content (AvgIpc) is 3.13. The first kappa shape index (κ1) is 23.9. The number of imide groups is 1. The Morgan fingerprint density at radius 1 is 0.944 bits per heavy atom. The minimum absolute atomic E-state index is 0.290. The second-order valence-corrected chi connectivity index (χ2v) is 9.97. The van der Waals surface area contributed by atoms with Crippen molar-refractivity contribution >= 4 is 34.3 Å². The van der Waals surface area contributed by atoms with Crippen LogP contribution in [0.25, 0.3) is 10.8 Å². The van der Waals surface area contributed by atoms with Crippen LogP contribution < -0.4 is 10.2 Å². The van der Waals surface area contributed by atoms with E-state index in [-0.39, 0.29) is 12.5 Å². The van der Waals surface area contributed by atoms with Crippen molar-refractivity contribution in [2.45, 2.75) is 38.3 Å². The molecule has 7 heteroatoms.